The van der Waals surface area contributed by atoms with Gasteiger partial charge in [-0.2, -0.15) is 0 Å². The minimum absolute atomic E-state index is 0.817. The van der Waals surface area contributed by atoms with Gasteiger partial charge in [-0.1, -0.05) is 15.9 Å². The van der Waals surface area contributed by atoms with E-state index in [0.717, 1.165) is 35.9 Å². The van der Waals surface area contributed by atoms with Gasteiger partial charge in [-0.15, -0.1) is 0 Å². The van der Waals surface area contributed by atoms with Gasteiger partial charge in [-0.05, 0) is 56.1 Å². The first-order valence-electron chi connectivity index (χ1n) is 6.56. The van der Waals surface area contributed by atoms with Gasteiger partial charge in [0, 0.05) is 17.1 Å². The highest BCUT2D eigenvalue weighted by molar-refractivity contribution is 9.10. The quantitative estimate of drug-likeness (QED) is 0.724. The second kappa shape index (κ2) is 7.12. The first-order valence-corrected chi connectivity index (χ1v) is 7.35. The molecule has 0 radical (unpaired) electrons. The molecule has 2 N–H and O–H groups in total. The van der Waals surface area contributed by atoms with E-state index in [4.69, 9.17) is 4.74 Å². The van der Waals surface area contributed by atoms with E-state index in [1.54, 1.807) is 7.11 Å². The Balaban J connectivity index is 1.65. The number of benzene rings is 1. The molecule has 0 amide bonds. The average Bonchev–Trinajstić information content (AvgIpc) is 3.19. The molecule has 0 saturated heterocycles. The summed E-state index contributed by atoms with van der Waals surface area (Å²) in [6.07, 6.45) is 3.91. The minimum Gasteiger partial charge on any atom is -0.497 e. The van der Waals surface area contributed by atoms with Crippen molar-refractivity contribution in [2.45, 2.75) is 31.8 Å². The molecule has 1 saturated carbocycles. The summed E-state index contributed by atoms with van der Waals surface area (Å²) >= 11 is 3.56. The standard InChI is InChI=1S/C14H21BrN2O/c1-18-13-5-6-14(15)11(9-13)10-16-7-2-8-17-12-3-4-12/h5-6,9,12,16-17H,2-4,7-8,10H2,1H3. The van der Waals surface area contributed by atoms with Crippen molar-refractivity contribution in [3.63, 3.8) is 0 Å². The number of rotatable bonds is 8. The van der Waals surface area contributed by atoms with Gasteiger partial charge in [0.05, 0.1) is 7.11 Å². The van der Waals surface area contributed by atoms with Crippen molar-refractivity contribution < 1.29 is 4.74 Å². The Morgan fingerprint density at radius 3 is 2.89 bits per heavy atom. The van der Waals surface area contributed by atoms with Crippen molar-refractivity contribution >= 4 is 15.9 Å². The molecule has 1 aliphatic carbocycles. The third-order valence-electron chi connectivity index (χ3n) is 3.11. The second-order valence-corrected chi connectivity index (χ2v) is 5.57. The van der Waals surface area contributed by atoms with Crippen molar-refractivity contribution in [3.8, 4) is 5.75 Å². The SMILES string of the molecule is COc1ccc(Br)c(CNCCCNC2CC2)c1. The lowest BCUT2D eigenvalue weighted by Gasteiger charge is -2.09. The van der Waals surface area contributed by atoms with Crippen LogP contribution in [-0.2, 0) is 6.54 Å². The van der Waals surface area contributed by atoms with Gasteiger partial charge in [0.15, 0.2) is 0 Å². The van der Waals surface area contributed by atoms with Crippen molar-refractivity contribution in [3.05, 3.63) is 28.2 Å². The molecular formula is C14H21BrN2O. The monoisotopic (exact) mass is 312 g/mol. The second-order valence-electron chi connectivity index (χ2n) is 4.72. The molecule has 18 heavy (non-hydrogen) atoms. The number of nitrogens with one attached hydrogen (secondary N) is 2. The van der Waals surface area contributed by atoms with E-state index in [0.29, 0.717) is 0 Å². The van der Waals surface area contributed by atoms with Gasteiger partial charge in [0.2, 0.25) is 0 Å². The molecule has 1 fully saturated rings. The maximum atomic E-state index is 5.23. The van der Waals surface area contributed by atoms with Crippen LogP contribution in [0.2, 0.25) is 0 Å². The predicted molar refractivity (Wildman–Crippen MR) is 78.0 cm³/mol. The highest BCUT2D eigenvalue weighted by atomic mass is 79.9. The zero-order chi connectivity index (χ0) is 12.8. The lowest BCUT2D eigenvalue weighted by Crippen LogP contribution is -2.23. The summed E-state index contributed by atoms with van der Waals surface area (Å²) < 4.78 is 6.36. The molecule has 3 nitrogen and oxygen atoms in total. The van der Waals surface area contributed by atoms with Crippen LogP contribution < -0.4 is 15.4 Å². The summed E-state index contributed by atoms with van der Waals surface area (Å²) in [5.41, 5.74) is 1.24. The van der Waals surface area contributed by atoms with Crippen LogP contribution in [0.4, 0.5) is 0 Å². The third-order valence-corrected chi connectivity index (χ3v) is 3.88. The first kappa shape index (κ1) is 13.8. The number of methoxy groups -OCH3 is 1. The van der Waals surface area contributed by atoms with Crippen LogP contribution in [0.1, 0.15) is 24.8 Å². The predicted octanol–water partition coefficient (Wildman–Crippen LogP) is 2.69. The van der Waals surface area contributed by atoms with Gasteiger partial charge in [-0.3, -0.25) is 0 Å². The van der Waals surface area contributed by atoms with Gasteiger partial charge in [-0.25, -0.2) is 0 Å². The Morgan fingerprint density at radius 1 is 1.33 bits per heavy atom. The lowest BCUT2D eigenvalue weighted by molar-refractivity contribution is 0.414. The van der Waals surface area contributed by atoms with Crippen LogP contribution in [0.25, 0.3) is 0 Å². The smallest absolute Gasteiger partial charge is 0.119 e. The van der Waals surface area contributed by atoms with Crippen molar-refractivity contribution in [2.24, 2.45) is 0 Å². The summed E-state index contributed by atoms with van der Waals surface area (Å²) in [7, 11) is 1.70. The molecule has 1 aromatic carbocycles. The number of ether oxygens (including phenoxy) is 1. The first-order chi connectivity index (χ1) is 8.79. The molecule has 0 atom stereocenters. The van der Waals surface area contributed by atoms with Crippen LogP contribution in [0, 0.1) is 0 Å². The molecule has 1 aromatic rings. The highest BCUT2D eigenvalue weighted by Crippen LogP contribution is 2.22. The summed E-state index contributed by atoms with van der Waals surface area (Å²) in [5, 5.41) is 6.98. The van der Waals surface area contributed by atoms with E-state index >= 15 is 0 Å². The Labute approximate surface area is 117 Å². The van der Waals surface area contributed by atoms with E-state index in [1.165, 1.54) is 24.8 Å². The molecule has 2 rings (SSSR count). The molecule has 0 spiro atoms. The van der Waals surface area contributed by atoms with E-state index in [-0.39, 0.29) is 0 Å². The fourth-order valence-corrected chi connectivity index (χ4v) is 2.23. The average molecular weight is 313 g/mol. The third kappa shape index (κ3) is 4.59. The molecule has 1 aliphatic rings. The Morgan fingerprint density at radius 2 is 2.17 bits per heavy atom. The number of hydrogen-bond donors (Lipinski definition) is 2. The van der Waals surface area contributed by atoms with E-state index in [2.05, 4.69) is 32.6 Å². The summed E-state index contributed by atoms with van der Waals surface area (Å²) in [5.74, 6) is 0.908. The normalized spacial score (nSPS) is 14.8. The summed E-state index contributed by atoms with van der Waals surface area (Å²) in [4.78, 5) is 0. The van der Waals surface area contributed by atoms with Crippen LogP contribution in [0.15, 0.2) is 22.7 Å². The van der Waals surface area contributed by atoms with Crippen molar-refractivity contribution in [1.82, 2.24) is 10.6 Å². The Kier molecular flexibility index (Phi) is 5.47. The van der Waals surface area contributed by atoms with E-state index < -0.39 is 0 Å². The highest BCUT2D eigenvalue weighted by Gasteiger charge is 2.19. The molecule has 0 heterocycles. The van der Waals surface area contributed by atoms with Crippen molar-refractivity contribution in [1.29, 1.82) is 0 Å². The molecule has 0 unspecified atom stereocenters. The van der Waals surface area contributed by atoms with Gasteiger partial charge < -0.3 is 15.4 Å². The van der Waals surface area contributed by atoms with Crippen LogP contribution >= 0.6 is 15.9 Å². The molecular weight excluding hydrogens is 292 g/mol. The number of halogens is 1. The van der Waals surface area contributed by atoms with E-state index in [9.17, 15) is 0 Å². The molecule has 0 aromatic heterocycles. The maximum Gasteiger partial charge on any atom is 0.119 e. The largest absolute Gasteiger partial charge is 0.497 e. The zero-order valence-electron chi connectivity index (χ0n) is 10.8. The lowest BCUT2D eigenvalue weighted by atomic mass is 10.2. The molecule has 100 valence electrons. The topological polar surface area (TPSA) is 33.3 Å². The summed E-state index contributed by atoms with van der Waals surface area (Å²) in [6, 6.07) is 6.88. The van der Waals surface area contributed by atoms with Gasteiger partial charge in [0.1, 0.15) is 5.75 Å². The van der Waals surface area contributed by atoms with Gasteiger partial charge in [0.25, 0.3) is 0 Å². The van der Waals surface area contributed by atoms with Crippen LogP contribution in [0.3, 0.4) is 0 Å². The van der Waals surface area contributed by atoms with Crippen LogP contribution in [0.5, 0.6) is 5.75 Å². The van der Waals surface area contributed by atoms with E-state index in [1.807, 2.05) is 12.1 Å². The molecule has 0 bridgehead atoms. The molecule has 0 aliphatic heterocycles. The fourth-order valence-electron chi connectivity index (χ4n) is 1.84. The minimum atomic E-state index is 0.817. The zero-order valence-corrected chi connectivity index (χ0v) is 12.4. The Bertz CT molecular complexity index is 380. The Hall–Kier alpha value is -0.580. The summed E-state index contributed by atoms with van der Waals surface area (Å²) in [6.45, 7) is 3.04. The fraction of sp³-hybridized carbons (Fsp3) is 0.571. The maximum absolute atomic E-state index is 5.23. The van der Waals surface area contributed by atoms with Crippen molar-refractivity contribution in [2.75, 3.05) is 20.2 Å². The van der Waals surface area contributed by atoms with Gasteiger partial charge >= 0.3 is 0 Å². The number of hydrogen-bond acceptors (Lipinski definition) is 3. The van der Waals surface area contributed by atoms with Crippen LogP contribution in [-0.4, -0.2) is 26.2 Å². The molecule has 4 heteroatoms.